The molecule has 0 atom stereocenters. The molecule has 0 bridgehead atoms. The number of pyridine rings is 1. The number of benzene rings is 1. The molecule has 1 nitrogen and oxygen atoms in total. The molecule has 0 spiro atoms. The SMILES string of the molecule is CS(C)=Pc1cc(F)c2cccnc2c1F. The van der Waals surface area contributed by atoms with Crippen LogP contribution in [-0.4, -0.2) is 17.5 Å². The highest BCUT2D eigenvalue weighted by Crippen LogP contribution is 2.20. The van der Waals surface area contributed by atoms with E-state index in [0.717, 1.165) is 7.36 Å². The van der Waals surface area contributed by atoms with Crippen LogP contribution in [0.1, 0.15) is 0 Å². The zero-order valence-corrected chi connectivity index (χ0v) is 10.6. The molecule has 2 rings (SSSR count). The van der Waals surface area contributed by atoms with E-state index in [4.69, 9.17) is 0 Å². The van der Waals surface area contributed by atoms with Crippen molar-refractivity contribution in [3.8, 4) is 0 Å². The van der Waals surface area contributed by atoms with E-state index in [1.54, 1.807) is 12.1 Å². The first-order valence-electron chi connectivity index (χ1n) is 4.62. The summed E-state index contributed by atoms with van der Waals surface area (Å²) in [5.41, 5.74) is 0.121. The molecule has 0 fully saturated rings. The molecule has 5 heteroatoms. The highest BCUT2D eigenvalue weighted by atomic mass is 32.5. The number of hydrogen-bond acceptors (Lipinski definition) is 1. The Labute approximate surface area is 96.3 Å². The van der Waals surface area contributed by atoms with Crippen LogP contribution in [0, 0.1) is 11.6 Å². The van der Waals surface area contributed by atoms with Gasteiger partial charge in [-0.1, -0.05) is 0 Å². The fourth-order valence-electron chi connectivity index (χ4n) is 1.42. The summed E-state index contributed by atoms with van der Waals surface area (Å²) in [5.74, 6) is -0.808. The maximum Gasteiger partial charge on any atom is 0.161 e. The fraction of sp³-hybridized carbons (Fsp3) is 0.182. The maximum atomic E-state index is 14.0. The molecule has 0 aliphatic heterocycles. The van der Waals surface area contributed by atoms with E-state index in [-0.39, 0.29) is 21.0 Å². The average Bonchev–Trinajstić information content (AvgIpc) is 2.25. The summed E-state index contributed by atoms with van der Waals surface area (Å²) in [6, 6.07) is 4.42. The number of halogens is 2. The van der Waals surface area contributed by atoms with Crippen LogP contribution < -0.4 is 5.30 Å². The second kappa shape index (κ2) is 4.56. The summed E-state index contributed by atoms with van der Waals surface area (Å²) in [6.07, 6.45) is 5.45. The lowest BCUT2D eigenvalue weighted by atomic mass is 10.2. The molecule has 2 aromatic rings. The molecule has 1 aromatic carbocycles. The zero-order valence-electron chi connectivity index (χ0n) is 8.87. The van der Waals surface area contributed by atoms with Gasteiger partial charge in [0.2, 0.25) is 0 Å². The Kier molecular flexibility index (Phi) is 3.31. The average molecular weight is 257 g/mol. The van der Waals surface area contributed by atoms with Gasteiger partial charge in [-0.25, -0.2) is 8.78 Å². The van der Waals surface area contributed by atoms with Crippen molar-refractivity contribution in [3.05, 3.63) is 36.0 Å². The molecular formula is C11H10F2NPS. The Morgan fingerprint density at radius 3 is 2.75 bits per heavy atom. The highest BCUT2D eigenvalue weighted by Gasteiger charge is 2.11. The number of fused-ring (bicyclic) bond motifs is 1. The lowest BCUT2D eigenvalue weighted by Crippen LogP contribution is -2.04. The molecule has 0 amide bonds. The summed E-state index contributed by atoms with van der Waals surface area (Å²) >= 11 is 0. The molecule has 0 saturated carbocycles. The van der Waals surface area contributed by atoms with Gasteiger partial charge >= 0.3 is 0 Å². The lowest BCUT2D eigenvalue weighted by Gasteiger charge is -2.03. The first-order valence-corrected chi connectivity index (χ1v) is 8.16. The van der Waals surface area contributed by atoms with E-state index in [1.807, 2.05) is 12.5 Å². The quantitative estimate of drug-likeness (QED) is 0.716. The number of rotatable bonds is 1. The minimum Gasteiger partial charge on any atom is -0.253 e. The Morgan fingerprint density at radius 2 is 2.06 bits per heavy atom. The van der Waals surface area contributed by atoms with Gasteiger partial charge in [0.1, 0.15) is 11.3 Å². The van der Waals surface area contributed by atoms with E-state index in [9.17, 15) is 8.78 Å². The topological polar surface area (TPSA) is 12.9 Å². The van der Waals surface area contributed by atoms with Crippen molar-refractivity contribution >= 4 is 33.6 Å². The summed E-state index contributed by atoms with van der Waals surface area (Å²) in [6.45, 7) is 0. The molecule has 0 radical (unpaired) electrons. The van der Waals surface area contributed by atoms with Gasteiger partial charge in [0.25, 0.3) is 0 Å². The van der Waals surface area contributed by atoms with Gasteiger partial charge in [-0.05, 0) is 38.1 Å². The van der Waals surface area contributed by atoms with Crippen LogP contribution in [0.15, 0.2) is 24.4 Å². The summed E-state index contributed by atoms with van der Waals surface area (Å²) in [4.78, 5) is 3.89. The standard InChI is InChI=1S/C11H10F2NPS/c1-16(2)15-9-6-8(12)7-4-3-5-14-11(7)10(9)13/h3-6H,1-2H3. The van der Waals surface area contributed by atoms with Gasteiger partial charge in [0.15, 0.2) is 5.82 Å². The molecule has 1 heterocycles. The molecule has 16 heavy (non-hydrogen) atoms. The Bertz CT molecular complexity index is 579. The normalized spacial score (nSPS) is 11.6. The largest absolute Gasteiger partial charge is 0.253 e. The molecule has 0 N–H and O–H groups in total. The van der Waals surface area contributed by atoms with Crippen LogP contribution in [0.5, 0.6) is 0 Å². The second-order valence-electron chi connectivity index (χ2n) is 3.46. The van der Waals surface area contributed by atoms with E-state index >= 15 is 0 Å². The third-order valence-corrected chi connectivity index (χ3v) is 4.61. The van der Waals surface area contributed by atoms with Gasteiger partial charge in [-0.2, -0.15) is 10.1 Å². The fourth-order valence-corrected chi connectivity index (χ4v) is 3.74. The monoisotopic (exact) mass is 257 g/mol. The maximum absolute atomic E-state index is 14.0. The van der Waals surface area contributed by atoms with Crippen LogP contribution in [0.4, 0.5) is 8.78 Å². The van der Waals surface area contributed by atoms with Gasteiger partial charge in [0, 0.05) is 16.9 Å². The van der Waals surface area contributed by atoms with Gasteiger partial charge in [0.05, 0.1) is 0 Å². The first kappa shape index (κ1) is 11.6. The van der Waals surface area contributed by atoms with Crippen LogP contribution >= 0.6 is 7.36 Å². The van der Waals surface area contributed by atoms with Crippen molar-refractivity contribution in [1.29, 1.82) is 0 Å². The molecule has 0 unspecified atom stereocenters. The number of nitrogens with zero attached hydrogens (tertiary/aromatic N) is 1. The predicted molar refractivity (Wildman–Crippen MR) is 67.4 cm³/mol. The van der Waals surface area contributed by atoms with Crippen molar-refractivity contribution in [2.45, 2.75) is 0 Å². The third-order valence-electron chi connectivity index (χ3n) is 2.04. The van der Waals surface area contributed by atoms with Gasteiger partial charge in [-0.15, -0.1) is 0 Å². The van der Waals surface area contributed by atoms with Crippen molar-refractivity contribution in [2.75, 3.05) is 12.5 Å². The Morgan fingerprint density at radius 1 is 1.31 bits per heavy atom. The number of aromatic nitrogens is 1. The molecule has 0 aliphatic rings. The molecule has 0 aliphatic carbocycles. The predicted octanol–water partition coefficient (Wildman–Crippen LogP) is 2.88. The second-order valence-corrected chi connectivity index (χ2v) is 8.41. The minimum absolute atomic E-state index is 0.00977. The van der Waals surface area contributed by atoms with Crippen molar-refractivity contribution in [1.82, 2.24) is 4.98 Å². The van der Waals surface area contributed by atoms with Crippen molar-refractivity contribution in [2.24, 2.45) is 0 Å². The van der Waals surface area contributed by atoms with Crippen LogP contribution in [0.25, 0.3) is 10.9 Å². The van der Waals surface area contributed by atoms with E-state index < -0.39 is 11.6 Å². The molecule has 1 aromatic heterocycles. The smallest absolute Gasteiger partial charge is 0.161 e. The molecular weight excluding hydrogens is 247 g/mol. The van der Waals surface area contributed by atoms with Crippen molar-refractivity contribution in [3.63, 3.8) is 0 Å². The van der Waals surface area contributed by atoms with E-state index in [2.05, 4.69) is 4.98 Å². The van der Waals surface area contributed by atoms with Crippen molar-refractivity contribution < 1.29 is 8.78 Å². The zero-order chi connectivity index (χ0) is 11.7. The molecule has 84 valence electrons. The van der Waals surface area contributed by atoms with Crippen LogP contribution in [0.2, 0.25) is 0 Å². The van der Waals surface area contributed by atoms with Gasteiger partial charge in [-0.3, -0.25) is 4.98 Å². The van der Waals surface area contributed by atoms with Gasteiger partial charge < -0.3 is 0 Å². The summed E-state index contributed by atoms with van der Waals surface area (Å²) in [5, 5.41) is 0.628. The summed E-state index contributed by atoms with van der Waals surface area (Å²) in [7, 11) is 0.819. The molecule has 0 saturated heterocycles. The Balaban J connectivity index is 2.80. The minimum atomic E-state index is -0.405. The van der Waals surface area contributed by atoms with Crippen LogP contribution in [0.3, 0.4) is 0 Å². The lowest BCUT2D eigenvalue weighted by molar-refractivity contribution is 0.622. The number of hydrogen-bond donors (Lipinski definition) is 0. The van der Waals surface area contributed by atoms with E-state index in [1.165, 1.54) is 12.3 Å². The Hall–Kier alpha value is -0.860. The van der Waals surface area contributed by atoms with E-state index in [0.29, 0.717) is 5.30 Å². The summed E-state index contributed by atoms with van der Waals surface area (Å²) < 4.78 is 27.6. The highest BCUT2D eigenvalue weighted by molar-refractivity contribution is 8.21. The third kappa shape index (κ3) is 2.13. The first-order chi connectivity index (χ1) is 7.59. The van der Waals surface area contributed by atoms with Crippen LogP contribution in [-0.2, 0) is 10.1 Å².